The maximum absolute atomic E-state index is 12.2. The van der Waals surface area contributed by atoms with Gasteiger partial charge in [0.1, 0.15) is 0 Å². The first-order chi connectivity index (χ1) is 12.6. The molecule has 3 aromatic rings. The van der Waals surface area contributed by atoms with Crippen molar-refractivity contribution in [3.05, 3.63) is 58.6 Å². The number of rotatable bonds is 7. The predicted molar refractivity (Wildman–Crippen MR) is 99.7 cm³/mol. The Morgan fingerprint density at radius 1 is 1.31 bits per heavy atom. The molecule has 2 aromatic heterocycles. The highest BCUT2D eigenvalue weighted by Gasteiger charge is 2.10. The number of carbonyl (C=O) groups is 1. The number of benzene rings is 1. The minimum absolute atomic E-state index is 0.120. The van der Waals surface area contributed by atoms with Crippen LogP contribution in [0.5, 0.6) is 5.75 Å². The van der Waals surface area contributed by atoms with Gasteiger partial charge in [0.15, 0.2) is 12.4 Å². The Labute approximate surface area is 150 Å². The first-order valence-corrected chi connectivity index (χ1v) is 8.27. The molecule has 2 N–H and O–H groups in total. The van der Waals surface area contributed by atoms with E-state index in [0.717, 1.165) is 23.1 Å². The molecule has 2 heterocycles. The Morgan fingerprint density at radius 3 is 2.92 bits per heavy atom. The quantitative estimate of drug-likeness (QED) is 0.681. The second-order valence-corrected chi connectivity index (χ2v) is 5.92. The fourth-order valence-corrected chi connectivity index (χ4v) is 2.72. The molecule has 0 aliphatic carbocycles. The van der Waals surface area contributed by atoms with Gasteiger partial charge in [0, 0.05) is 43.2 Å². The highest BCUT2D eigenvalue weighted by Crippen LogP contribution is 2.24. The topological polar surface area (TPSA) is 85.3 Å². The predicted octanol–water partition coefficient (Wildman–Crippen LogP) is 2.30. The molecule has 0 atom stereocenters. The highest BCUT2D eigenvalue weighted by molar-refractivity contribution is 6.02. The van der Waals surface area contributed by atoms with E-state index in [1.54, 1.807) is 14.0 Å². The molecule has 1 amide bonds. The summed E-state index contributed by atoms with van der Waals surface area (Å²) in [5.41, 5.74) is 2.18. The fourth-order valence-electron chi connectivity index (χ4n) is 2.72. The van der Waals surface area contributed by atoms with Gasteiger partial charge in [-0.3, -0.25) is 9.59 Å². The van der Waals surface area contributed by atoms with Crippen LogP contribution in [-0.4, -0.2) is 35.8 Å². The number of methoxy groups -OCH3 is 1. The van der Waals surface area contributed by atoms with E-state index in [9.17, 15) is 9.59 Å². The van der Waals surface area contributed by atoms with E-state index in [4.69, 9.17) is 9.47 Å². The van der Waals surface area contributed by atoms with Crippen molar-refractivity contribution in [1.29, 1.82) is 0 Å². The normalized spacial score (nSPS) is 10.8. The molecule has 26 heavy (non-hydrogen) atoms. The average Bonchev–Trinajstić information content (AvgIpc) is 3.03. The van der Waals surface area contributed by atoms with E-state index >= 15 is 0 Å². The van der Waals surface area contributed by atoms with Crippen LogP contribution >= 0.6 is 0 Å². The smallest absolute Gasteiger partial charge is 0.262 e. The maximum Gasteiger partial charge on any atom is 0.262 e. The van der Waals surface area contributed by atoms with Crippen molar-refractivity contribution in [2.75, 3.05) is 25.6 Å². The maximum atomic E-state index is 12.2. The van der Waals surface area contributed by atoms with Crippen LogP contribution in [0.3, 0.4) is 0 Å². The van der Waals surface area contributed by atoms with Crippen molar-refractivity contribution in [3.8, 4) is 5.75 Å². The number of anilines is 1. The zero-order valence-electron chi connectivity index (χ0n) is 14.7. The summed E-state index contributed by atoms with van der Waals surface area (Å²) in [5.74, 6) is -0.211. The number of hydrogen-bond acceptors (Lipinski definition) is 4. The molecule has 3 rings (SSSR count). The Hall–Kier alpha value is -3.06. The van der Waals surface area contributed by atoms with Crippen LogP contribution in [-0.2, 0) is 16.1 Å². The molecule has 7 heteroatoms. The summed E-state index contributed by atoms with van der Waals surface area (Å²) in [6.07, 6.45) is 3.42. The molecular formula is C19H21N3O4. The second kappa shape index (κ2) is 7.88. The molecule has 0 bridgehead atoms. The number of ether oxygens (including phenoxy) is 2. The van der Waals surface area contributed by atoms with Crippen LogP contribution in [0.4, 0.5) is 5.69 Å². The van der Waals surface area contributed by atoms with E-state index in [2.05, 4.69) is 14.9 Å². The number of H-pyrrole nitrogens is 1. The lowest BCUT2D eigenvalue weighted by molar-refractivity contribution is -0.118. The number of fused-ring (bicyclic) bond motifs is 1. The van der Waals surface area contributed by atoms with Crippen molar-refractivity contribution in [3.63, 3.8) is 0 Å². The molecule has 7 nitrogen and oxygen atoms in total. The van der Waals surface area contributed by atoms with Crippen molar-refractivity contribution < 1.29 is 14.3 Å². The lowest BCUT2D eigenvalue weighted by Gasteiger charge is -2.09. The molecular weight excluding hydrogens is 334 g/mol. The first kappa shape index (κ1) is 17.8. The molecule has 0 unspecified atom stereocenters. The van der Waals surface area contributed by atoms with Gasteiger partial charge in [-0.15, -0.1) is 0 Å². The van der Waals surface area contributed by atoms with Crippen molar-refractivity contribution in [2.45, 2.75) is 13.5 Å². The van der Waals surface area contributed by atoms with Crippen LogP contribution in [0, 0.1) is 6.92 Å². The van der Waals surface area contributed by atoms with E-state index in [0.29, 0.717) is 12.3 Å². The summed E-state index contributed by atoms with van der Waals surface area (Å²) in [4.78, 5) is 26.9. The number of nitrogens with zero attached hydrogens (tertiary/aromatic N) is 1. The van der Waals surface area contributed by atoms with Gasteiger partial charge in [0.05, 0.1) is 17.8 Å². The van der Waals surface area contributed by atoms with Crippen molar-refractivity contribution in [2.24, 2.45) is 0 Å². The van der Waals surface area contributed by atoms with E-state index < -0.39 is 0 Å². The molecule has 1 aromatic carbocycles. The summed E-state index contributed by atoms with van der Waals surface area (Å²) in [5, 5.41) is 3.77. The SMILES string of the molecule is COCCn1ccc2c(NC(=O)COc3c[nH]c(C)cc3=O)cccc21. The largest absolute Gasteiger partial charge is 0.478 e. The minimum Gasteiger partial charge on any atom is -0.478 e. The monoisotopic (exact) mass is 355 g/mol. The van der Waals surface area contributed by atoms with Gasteiger partial charge in [-0.2, -0.15) is 0 Å². The Morgan fingerprint density at radius 2 is 2.15 bits per heavy atom. The van der Waals surface area contributed by atoms with Gasteiger partial charge in [-0.05, 0) is 25.1 Å². The molecule has 0 aliphatic heterocycles. The standard InChI is InChI=1S/C19H21N3O4/c1-13-10-17(23)18(11-20-13)26-12-19(24)21-15-4-3-5-16-14(15)6-7-22(16)8-9-25-2/h3-7,10-11H,8-9,12H2,1-2H3,(H,20,23)(H,21,24). The van der Waals surface area contributed by atoms with E-state index in [1.807, 2.05) is 30.5 Å². The van der Waals surface area contributed by atoms with E-state index in [-0.39, 0.29) is 23.7 Å². The third-order valence-electron chi connectivity index (χ3n) is 4.00. The van der Waals surface area contributed by atoms with Crippen molar-refractivity contribution in [1.82, 2.24) is 9.55 Å². The summed E-state index contributed by atoms with van der Waals surface area (Å²) in [7, 11) is 1.66. The Kier molecular flexibility index (Phi) is 5.38. The number of nitrogens with one attached hydrogen (secondary N) is 2. The van der Waals surface area contributed by atoms with Gasteiger partial charge >= 0.3 is 0 Å². The molecule has 0 fully saturated rings. The second-order valence-electron chi connectivity index (χ2n) is 5.92. The molecule has 0 aliphatic rings. The lowest BCUT2D eigenvalue weighted by atomic mass is 10.2. The van der Waals surface area contributed by atoms with Crippen LogP contribution in [0.1, 0.15) is 5.69 Å². The number of aromatic nitrogens is 2. The van der Waals surface area contributed by atoms with Gasteiger partial charge in [0.25, 0.3) is 5.91 Å². The first-order valence-electron chi connectivity index (χ1n) is 8.27. The molecule has 0 saturated carbocycles. The molecule has 0 spiro atoms. The van der Waals surface area contributed by atoms with Crippen LogP contribution in [0.25, 0.3) is 10.9 Å². The third kappa shape index (κ3) is 3.94. The highest BCUT2D eigenvalue weighted by atomic mass is 16.5. The number of carbonyl (C=O) groups excluding carboxylic acids is 1. The lowest BCUT2D eigenvalue weighted by Crippen LogP contribution is -2.22. The van der Waals surface area contributed by atoms with Gasteiger partial charge in [-0.1, -0.05) is 6.07 Å². The Bertz CT molecular complexity index is 974. The number of aryl methyl sites for hydroxylation is 1. The summed E-state index contributed by atoms with van der Waals surface area (Å²) < 4.78 is 12.5. The number of aromatic amines is 1. The summed E-state index contributed by atoms with van der Waals surface area (Å²) >= 11 is 0. The van der Waals surface area contributed by atoms with Gasteiger partial charge in [0.2, 0.25) is 5.43 Å². The number of hydrogen-bond donors (Lipinski definition) is 2. The summed E-state index contributed by atoms with van der Waals surface area (Å²) in [6.45, 7) is 2.88. The van der Waals surface area contributed by atoms with Crippen LogP contribution < -0.4 is 15.5 Å². The van der Waals surface area contributed by atoms with Gasteiger partial charge < -0.3 is 24.3 Å². The van der Waals surface area contributed by atoms with Crippen LogP contribution in [0.15, 0.2) is 47.5 Å². The number of amides is 1. The zero-order valence-corrected chi connectivity index (χ0v) is 14.7. The zero-order chi connectivity index (χ0) is 18.5. The van der Waals surface area contributed by atoms with Crippen molar-refractivity contribution >= 4 is 22.5 Å². The van der Waals surface area contributed by atoms with E-state index in [1.165, 1.54) is 12.3 Å². The minimum atomic E-state index is -0.331. The molecule has 136 valence electrons. The molecule has 0 saturated heterocycles. The Balaban J connectivity index is 1.69. The van der Waals surface area contributed by atoms with Crippen LogP contribution in [0.2, 0.25) is 0 Å². The third-order valence-corrected chi connectivity index (χ3v) is 4.00. The van der Waals surface area contributed by atoms with Gasteiger partial charge in [-0.25, -0.2) is 0 Å². The number of pyridine rings is 1. The average molecular weight is 355 g/mol. The summed E-state index contributed by atoms with van der Waals surface area (Å²) in [6, 6.07) is 9.08. The molecule has 0 radical (unpaired) electrons. The fraction of sp³-hybridized carbons (Fsp3) is 0.263.